The van der Waals surface area contributed by atoms with Gasteiger partial charge in [-0.15, -0.1) is 11.3 Å². The van der Waals surface area contributed by atoms with E-state index in [0.29, 0.717) is 22.5 Å². The van der Waals surface area contributed by atoms with Crippen LogP contribution in [0.5, 0.6) is 0 Å². The second-order valence-electron chi connectivity index (χ2n) is 8.90. The predicted molar refractivity (Wildman–Crippen MR) is 131 cm³/mol. The van der Waals surface area contributed by atoms with Gasteiger partial charge < -0.3 is 8.84 Å². The number of benzene rings is 1. The van der Waals surface area contributed by atoms with Crippen molar-refractivity contribution in [1.82, 2.24) is 4.98 Å². The summed E-state index contributed by atoms with van der Waals surface area (Å²) in [5, 5.41) is 2.09. The number of thiophene rings is 1. The maximum atomic E-state index is 6.74. The van der Waals surface area contributed by atoms with Gasteiger partial charge in [0.25, 0.3) is 0 Å². The molecular formula is C25H35NO2SSi. The zero-order valence-electron chi connectivity index (χ0n) is 19.1. The topological polar surface area (TPSA) is 35.3 Å². The highest BCUT2D eigenvalue weighted by Gasteiger charge is 2.44. The normalized spacial score (nSPS) is 12.4. The monoisotopic (exact) mass is 441 g/mol. The van der Waals surface area contributed by atoms with Crippen molar-refractivity contribution in [2.24, 2.45) is 0 Å². The van der Waals surface area contributed by atoms with Crippen LogP contribution in [0, 0.1) is 0 Å². The van der Waals surface area contributed by atoms with E-state index in [2.05, 4.69) is 59.1 Å². The summed E-state index contributed by atoms with van der Waals surface area (Å²) in [6, 6.07) is 14.3. The molecule has 0 aliphatic heterocycles. The van der Waals surface area contributed by atoms with E-state index in [1.54, 1.807) is 11.3 Å². The van der Waals surface area contributed by atoms with E-state index < -0.39 is 8.32 Å². The molecule has 0 atom stereocenters. The Bertz CT molecular complexity index is 879. The fourth-order valence-electron chi connectivity index (χ4n) is 4.81. The Morgan fingerprint density at radius 2 is 1.60 bits per heavy atom. The van der Waals surface area contributed by atoms with E-state index >= 15 is 0 Å². The quantitative estimate of drug-likeness (QED) is 0.235. The lowest BCUT2D eigenvalue weighted by molar-refractivity contribution is 0.269. The van der Waals surface area contributed by atoms with E-state index in [0.717, 1.165) is 41.3 Å². The second-order valence-corrected chi connectivity index (χ2v) is 15.3. The molecule has 3 nitrogen and oxygen atoms in total. The lowest BCUT2D eigenvalue weighted by Gasteiger charge is -2.42. The van der Waals surface area contributed by atoms with Crippen molar-refractivity contribution in [3.05, 3.63) is 53.6 Å². The Morgan fingerprint density at radius 1 is 0.933 bits per heavy atom. The minimum absolute atomic E-state index is 0.606. The van der Waals surface area contributed by atoms with Crippen molar-refractivity contribution < 1.29 is 8.84 Å². The number of aryl methyl sites for hydroxylation is 1. The van der Waals surface area contributed by atoms with Gasteiger partial charge in [0.05, 0.1) is 4.88 Å². The first kappa shape index (κ1) is 23.0. The van der Waals surface area contributed by atoms with Crippen LogP contribution in [0.25, 0.3) is 22.0 Å². The molecular weight excluding hydrogens is 406 g/mol. The van der Waals surface area contributed by atoms with Gasteiger partial charge in [-0.2, -0.15) is 0 Å². The molecule has 3 rings (SSSR count). The molecule has 0 bridgehead atoms. The molecule has 0 fully saturated rings. The number of hydrogen-bond donors (Lipinski definition) is 0. The molecule has 1 aromatic carbocycles. The zero-order chi connectivity index (χ0) is 21.7. The SMILES string of the molecule is CC(C)[Si](OCCCc1oc(-c2ccccc2)nc1-c1cccs1)(C(C)C)C(C)C. The van der Waals surface area contributed by atoms with Crippen LogP contribution < -0.4 is 0 Å². The molecule has 0 radical (unpaired) electrons. The highest BCUT2D eigenvalue weighted by atomic mass is 32.1. The molecule has 5 heteroatoms. The summed E-state index contributed by atoms with van der Waals surface area (Å²) in [4.78, 5) is 6.01. The van der Waals surface area contributed by atoms with E-state index in [1.807, 2.05) is 30.3 Å². The van der Waals surface area contributed by atoms with Crippen molar-refractivity contribution in [2.75, 3.05) is 6.61 Å². The van der Waals surface area contributed by atoms with Crippen LogP contribution in [0.2, 0.25) is 16.6 Å². The Kier molecular flexibility index (Phi) is 7.72. The molecule has 0 N–H and O–H groups in total. The van der Waals surface area contributed by atoms with Gasteiger partial charge in [0.2, 0.25) is 5.89 Å². The van der Waals surface area contributed by atoms with Gasteiger partial charge in [-0.25, -0.2) is 4.98 Å². The van der Waals surface area contributed by atoms with Crippen molar-refractivity contribution in [2.45, 2.75) is 71.0 Å². The zero-order valence-corrected chi connectivity index (χ0v) is 21.0. The molecule has 3 aromatic rings. The molecule has 2 heterocycles. The van der Waals surface area contributed by atoms with Gasteiger partial charge in [-0.3, -0.25) is 0 Å². The third-order valence-corrected chi connectivity index (χ3v) is 13.1. The largest absolute Gasteiger partial charge is 0.440 e. The van der Waals surface area contributed by atoms with Crippen LogP contribution >= 0.6 is 11.3 Å². The maximum absolute atomic E-state index is 6.74. The van der Waals surface area contributed by atoms with E-state index in [4.69, 9.17) is 13.8 Å². The molecule has 0 saturated carbocycles. The van der Waals surface area contributed by atoms with Crippen molar-refractivity contribution >= 4 is 19.7 Å². The van der Waals surface area contributed by atoms with Crippen molar-refractivity contribution in [3.63, 3.8) is 0 Å². The van der Waals surface area contributed by atoms with Gasteiger partial charge in [-0.05, 0) is 46.6 Å². The third kappa shape index (κ3) is 4.79. The van der Waals surface area contributed by atoms with Crippen LogP contribution in [0.4, 0.5) is 0 Å². The Hall–Kier alpha value is -1.69. The number of rotatable bonds is 10. The van der Waals surface area contributed by atoms with Crippen LogP contribution in [-0.4, -0.2) is 19.9 Å². The van der Waals surface area contributed by atoms with Gasteiger partial charge in [0.15, 0.2) is 8.32 Å². The molecule has 0 spiro atoms. The van der Waals surface area contributed by atoms with Crippen LogP contribution in [0.1, 0.15) is 53.7 Å². The summed E-state index contributed by atoms with van der Waals surface area (Å²) in [7, 11) is -1.82. The average molecular weight is 442 g/mol. The first-order chi connectivity index (χ1) is 14.4. The Balaban J connectivity index is 1.76. The average Bonchev–Trinajstić information content (AvgIpc) is 3.37. The molecule has 30 heavy (non-hydrogen) atoms. The van der Waals surface area contributed by atoms with Gasteiger partial charge >= 0.3 is 0 Å². The summed E-state index contributed by atoms with van der Waals surface area (Å²) in [6.07, 6.45) is 1.79. The fourth-order valence-corrected chi connectivity index (χ4v) is 11.0. The summed E-state index contributed by atoms with van der Waals surface area (Å²) < 4.78 is 13.0. The predicted octanol–water partition coefficient (Wildman–Crippen LogP) is 8.19. The minimum Gasteiger partial charge on any atom is -0.440 e. The highest BCUT2D eigenvalue weighted by molar-refractivity contribution is 7.13. The standard InChI is InChI=1S/C25H35NO2SSi/c1-18(2)30(19(3)4,20(5)6)27-16-10-14-22-24(23-15-11-17-29-23)26-25(28-22)21-12-8-7-9-13-21/h7-9,11-13,15,17-20H,10,14,16H2,1-6H3. The lowest BCUT2D eigenvalue weighted by atomic mass is 10.2. The number of aromatic nitrogens is 1. The summed E-state index contributed by atoms with van der Waals surface area (Å²) >= 11 is 1.71. The van der Waals surface area contributed by atoms with Gasteiger partial charge in [-0.1, -0.05) is 65.8 Å². The minimum atomic E-state index is -1.82. The summed E-state index contributed by atoms with van der Waals surface area (Å²) in [5.41, 5.74) is 3.81. The fraction of sp³-hybridized carbons (Fsp3) is 0.480. The van der Waals surface area contributed by atoms with Crippen LogP contribution in [0.15, 0.2) is 52.3 Å². The third-order valence-electron chi connectivity index (χ3n) is 6.08. The van der Waals surface area contributed by atoms with E-state index in [9.17, 15) is 0 Å². The van der Waals surface area contributed by atoms with E-state index in [1.165, 1.54) is 0 Å². The molecule has 0 amide bonds. The Labute approximate surface area is 186 Å². The van der Waals surface area contributed by atoms with Gasteiger partial charge in [0.1, 0.15) is 11.5 Å². The molecule has 2 aromatic heterocycles. The first-order valence-electron chi connectivity index (χ1n) is 11.1. The molecule has 0 unspecified atom stereocenters. The maximum Gasteiger partial charge on any atom is 0.226 e. The van der Waals surface area contributed by atoms with Crippen LogP contribution in [0.3, 0.4) is 0 Å². The Morgan fingerprint density at radius 3 is 2.17 bits per heavy atom. The van der Waals surface area contributed by atoms with Gasteiger partial charge in [0, 0.05) is 18.6 Å². The molecule has 0 aliphatic rings. The number of nitrogens with zero attached hydrogens (tertiary/aromatic N) is 1. The van der Waals surface area contributed by atoms with Crippen molar-refractivity contribution in [1.29, 1.82) is 0 Å². The summed E-state index contributed by atoms with van der Waals surface area (Å²) in [6.45, 7) is 14.8. The molecule has 0 aliphatic carbocycles. The number of hydrogen-bond acceptors (Lipinski definition) is 4. The van der Waals surface area contributed by atoms with Crippen molar-refractivity contribution in [3.8, 4) is 22.0 Å². The highest BCUT2D eigenvalue weighted by Crippen LogP contribution is 2.42. The smallest absolute Gasteiger partial charge is 0.226 e. The number of oxazole rings is 1. The van der Waals surface area contributed by atoms with E-state index in [-0.39, 0.29) is 0 Å². The van der Waals surface area contributed by atoms with Crippen LogP contribution in [-0.2, 0) is 10.8 Å². The second kappa shape index (κ2) is 10.1. The molecule has 0 saturated heterocycles. The molecule has 162 valence electrons. The lowest BCUT2D eigenvalue weighted by Crippen LogP contribution is -2.48. The first-order valence-corrected chi connectivity index (χ1v) is 14.1. The summed E-state index contributed by atoms with van der Waals surface area (Å²) in [5.74, 6) is 1.66.